The summed E-state index contributed by atoms with van der Waals surface area (Å²) in [5, 5.41) is 3.36. The van der Waals surface area contributed by atoms with Gasteiger partial charge in [-0.25, -0.2) is 4.39 Å². The monoisotopic (exact) mass is 294 g/mol. The molecule has 1 unspecified atom stereocenters. The second kappa shape index (κ2) is 7.09. The molecule has 3 rings (SSSR count). The summed E-state index contributed by atoms with van der Waals surface area (Å²) in [5.41, 5.74) is 0.858. The zero-order chi connectivity index (χ0) is 14.5. The number of nitrogens with one attached hydrogen (secondary N) is 1. The van der Waals surface area contributed by atoms with Crippen molar-refractivity contribution in [2.75, 3.05) is 44.3 Å². The minimum atomic E-state index is -0.216. The van der Waals surface area contributed by atoms with Gasteiger partial charge in [0.2, 0.25) is 0 Å². The van der Waals surface area contributed by atoms with Crippen molar-refractivity contribution in [3.05, 3.63) is 24.0 Å². The van der Waals surface area contributed by atoms with E-state index in [1.54, 1.807) is 12.1 Å². The van der Waals surface area contributed by atoms with Crippen LogP contribution in [0.4, 0.5) is 10.1 Å². The molecule has 0 amide bonds. The first-order valence-electron chi connectivity index (χ1n) is 7.82. The Hall–Kier alpha value is -1.33. The zero-order valence-electron chi connectivity index (χ0n) is 12.3. The number of hydrogen-bond donors (Lipinski definition) is 1. The lowest BCUT2D eigenvalue weighted by Crippen LogP contribution is -2.28. The highest BCUT2D eigenvalue weighted by Gasteiger charge is 2.19. The molecule has 2 aliphatic rings. The Labute approximate surface area is 125 Å². The van der Waals surface area contributed by atoms with Crippen molar-refractivity contribution in [1.82, 2.24) is 5.32 Å². The summed E-state index contributed by atoms with van der Waals surface area (Å²) < 4.78 is 25.1. The van der Waals surface area contributed by atoms with Crippen molar-refractivity contribution in [3.8, 4) is 5.75 Å². The van der Waals surface area contributed by atoms with Crippen LogP contribution in [0.5, 0.6) is 5.75 Å². The second-order valence-electron chi connectivity index (χ2n) is 5.65. The van der Waals surface area contributed by atoms with E-state index in [0.717, 1.165) is 63.5 Å². The number of benzene rings is 1. The average Bonchev–Trinajstić information content (AvgIpc) is 2.86. The maximum atomic E-state index is 13.6. The van der Waals surface area contributed by atoms with Crippen LogP contribution in [0.25, 0.3) is 0 Å². The van der Waals surface area contributed by atoms with Gasteiger partial charge in [0.25, 0.3) is 0 Å². The van der Waals surface area contributed by atoms with E-state index in [-0.39, 0.29) is 11.9 Å². The number of hydrogen-bond acceptors (Lipinski definition) is 4. The highest BCUT2D eigenvalue weighted by Crippen LogP contribution is 2.30. The van der Waals surface area contributed by atoms with Gasteiger partial charge in [0.15, 0.2) is 0 Å². The number of anilines is 1. The molecule has 0 radical (unpaired) electrons. The van der Waals surface area contributed by atoms with Gasteiger partial charge in [0.1, 0.15) is 18.2 Å². The normalized spacial score (nSPS) is 23.1. The molecule has 5 heteroatoms. The number of halogens is 1. The summed E-state index contributed by atoms with van der Waals surface area (Å²) in [6.45, 7) is 5.10. The van der Waals surface area contributed by atoms with E-state index >= 15 is 0 Å². The molecule has 116 valence electrons. The van der Waals surface area contributed by atoms with Crippen molar-refractivity contribution in [1.29, 1.82) is 0 Å². The zero-order valence-corrected chi connectivity index (χ0v) is 12.3. The van der Waals surface area contributed by atoms with E-state index in [4.69, 9.17) is 9.47 Å². The molecule has 0 aromatic heterocycles. The molecule has 1 N–H and O–H groups in total. The Balaban J connectivity index is 1.71. The van der Waals surface area contributed by atoms with Gasteiger partial charge < -0.3 is 19.7 Å². The van der Waals surface area contributed by atoms with Crippen molar-refractivity contribution >= 4 is 5.69 Å². The Bertz CT molecular complexity index is 456. The lowest BCUT2D eigenvalue weighted by atomic mass is 10.2. The van der Waals surface area contributed by atoms with Crippen LogP contribution in [0.3, 0.4) is 0 Å². The fraction of sp³-hybridized carbons (Fsp3) is 0.625. The van der Waals surface area contributed by atoms with Crippen LogP contribution >= 0.6 is 0 Å². The molecule has 2 aliphatic heterocycles. The van der Waals surface area contributed by atoms with E-state index in [2.05, 4.69) is 10.2 Å². The van der Waals surface area contributed by atoms with Crippen LogP contribution in [0.2, 0.25) is 0 Å². The summed E-state index contributed by atoms with van der Waals surface area (Å²) in [4.78, 5) is 2.20. The van der Waals surface area contributed by atoms with Gasteiger partial charge in [-0.15, -0.1) is 0 Å². The Morgan fingerprint density at radius 1 is 1.29 bits per heavy atom. The summed E-state index contributed by atoms with van der Waals surface area (Å²) in [6, 6.07) is 4.78. The van der Waals surface area contributed by atoms with Crippen molar-refractivity contribution in [3.63, 3.8) is 0 Å². The van der Waals surface area contributed by atoms with Gasteiger partial charge in [-0.05, 0) is 37.9 Å². The smallest absolute Gasteiger partial charge is 0.142 e. The molecule has 0 spiro atoms. The van der Waals surface area contributed by atoms with Crippen LogP contribution in [-0.4, -0.2) is 45.5 Å². The van der Waals surface area contributed by atoms with E-state index in [1.165, 1.54) is 6.07 Å². The molecular weight excluding hydrogens is 271 g/mol. The van der Waals surface area contributed by atoms with Gasteiger partial charge in [0, 0.05) is 32.3 Å². The molecule has 0 bridgehead atoms. The molecule has 0 aliphatic carbocycles. The summed E-state index contributed by atoms with van der Waals surface area (Å²) in [7, 11) is 0. The van der Waals surface area contributed by atoms with E-state index in [0.29, 0.717) is 6.61 Å². The Morgan fingerprint density at radius 2 is 2.24 bits per heavy atom. The van der Waals surface area contributed by atoms with Crippen molar-refractivity contribution in [2.45, 2.75) is 25.4 Å². The molecule has 1 aromatic rings. The molecule has 1 aromatic carbocycles. The first kappa shape index (κ1) is 14.6. The SMILES string of the molecule is Fc1ccc(OCC2CCCO2)c(N2CCCNCC2)c1. The predicted molar refractivity (Wildman–Crippen MR) is 80.6 cm³/mol. The molecular formula is C16H23FN2O2. The maximum Gasteiger partial charge on any atom is 0.142 e. The lowest BCUT2D eigenvalue weighted by Gasteiger charge is -2.25. The molecule has 21 heavy (non-hydrogen) atoms. The third kappa shape index (κ3) is 3.86. The third-order valence-corrected chi connectivity index (χ3v) is 4.05. The standard InChI is InChI=1S/C16H23FN2O2/c17-13-4-5-16(21-12-14-3-1-10-20-14)15(11-13)19-8-2-6-18-7-9-19/h4-5,11,14,18H,1-3,6-10,12H2. The summed E-state index contributed by atoms with van der Waals surface area (Å²) >= 11 is 0. The summed E-state index contributed by atoms with van der Waals surface area (Å²) in [5.74, 6) is 0.542. The Morgan fingerprint density at radius 3 is 3.10 bits per heavy atom. The fourth-order valence-corrected chi connectivity index (χ4v) is 2.90. The first-order chi connectivity index (χ1) is 10.3. The van der Waals surface area contributed by atoms with Crippen LogP contribution in [-0.2, 0) is 4.74 Å². The van der Waals surface area contributed by atoms with Gasteiger partial charge in [0.05, 0.1) is 11.8 Å². The molecule has 0 saturated carbocycles. The summed E-state index contributed by atoms with van der Waals surface area (Å²) in [6.07, 6.45) is 3.38. The largest absolute Gasteiger partial charge is 0.489 e. The van der Waals surface area contributed by atoms with Gasteiger partial charge in [-0.2, -0.15) is 0 Å². The fourth-order valence-electron chi connectivity index (χ4n) is 2.90. The molecule has 4 nitrogen and oxygen atoms in total. The maximum absolute atomic E-state index is 13.6. The molecule has 2 heterocycles. The van der Waals surface area contributed by atoms with Crippen molar-refractivity contribution < 1.29 is 13.9 Å². The minimum absolute atomic E-state index is 0.175. The van der Waals surface area contributed by atoms with Crippen LogP contribution < -0.4 is 15.0 Å². The van der Waals surface area contributed by atoms with Crippen LogP contribution in [0, 0.1) is 5.82 Å². The number of nitrogens with zero attached hydrogens (tertiary/aromatic N) is 1. The van der Waals surface area contributed by atoms with Crippen LogP contribution in [0.15, 0.2) is 18.2 Å². The molecule has 1 atom stereocenters. The molecule has 2 fully saturated rings. The number of ether oxygens (including phenoxy) is 2. The Kier molecular flexibility index (Phi) is 4.93. The third-order valence-electron chi connectivity index (χ3n) is 4.05. The first-order valence-corrected chi connectivity index (χ1v) is 7.82. The van der Waals surface area contributed by atoms with Crippen molar-refractivity contribution in [2.24, 2.45) is 0 Å². The van der Waals surface area contributed by atoms with Crippen LogP contribution in [0.1, 0.15) is 19.3 Å². The van der Waals surface area contributed by atoms with Gasteiger partial charge in [-0.3, -0.25) is 0 Å². The second-order valence-corrected chi connectivity index (χ2v) is 5.65. The van der Waals surface area contributed by atoms with E-state index in [9.17, 15) is 4.39 Å². The molecule has 2 saturated heterocycles. The van der Waals surface area contributed by atoms with E-state index < -0.39 is 0 Å². The minimum Gasteiger partial charge on any atom is -0.489 e. The topological polar surface area (TPSA) is 33.7 Å². The predicted octanol–water partition coefficient (Wildman–Crippen LogP) is 2.18. The van der Waals surface area contributed by atoms with Gasteiger partial charge >= 0.3 is 0 Å². The van der Waals surface area contributed by atoms with Gasteiger partial charge in [-0.1, -0.05) is 0 Å². The highest BCUT2D eigenvalue weighted by atomic mass is 19.1. The van der Waals surface area contributed by atoms with E-state index in [1.807, 2.05) is 0 Å². The average molecular weight is 294 g/mol. The quantitative estimate of drug-likeness (QED) is 0.923. The highest BCUT2D eigenvalue weighted by molar-refractivity contribution is 5.59. The number of rotatable bonds is 4. The lowest BCUT2D eigenvalue weighted by molar-refractivity contribution is 0.0681.